The summed E-state index contributed by atoms with van der Waals surface area (Å²) < 4.78 is 0. The summed E-state index contributed by atoms with van der Waals surface area (Å²) in [6, 6.07) is 14.0. The maximum atomic E-state index is 9.87. The number of fused-ring (bicyclic) bond motifs is 1. The Labute approximate surface area is 114 Å². The van der Waals surface area contributed by atoms with E-state index in [1.807, 2.05) is 12.1 Å². The summed E-state index contributed by atoms with van der Waals surface area (Å²) in [5.41, 5.74) is 9.79. The van der Waals surface area contributed by atoms with Crippen molar-refractivity contribution in [2.75, 3.05) is 0 Å². The minimum atomic E-state index is 0.0784. The van der Waals surface area contributed by atoms with Gasteiger partial charge < -0.3 is 5.11 Å². The van der Waals surface area contributed by atoms with Crippen LogP contribution in [0.4, 0.5) is 5.82 Å². The Morgan fingerprint density at radius 3 is 2.55 bits per heavy atom. The van der Waals surface area contributed by atoms with E-state index in [0.29, 0.717) is 22.3 Å². The van der Waals surface area contributed by atoms with Crippen LogP contribution in [-0.4, -0.2) is 15.1 Å². The molecular formula is C14H9N5O. The maximum Gasteiger partial charge on any atom is 0.163 e. The minimum absolute atomic E-state index is 0.0784. The summed E-state index contributed by atoms with van der Waals surface area (Å²) in [6.45, 7) is 0. The summed E-state index contributed by atoms with van der Waals surface area (Å²) >= 11 is 0. The number of para-hydroxylation sites is 2. The lowest BCUT2D eigenvalue weighted by Crippen LogP contribution is -1.91. The van der Waals surface area contributed by atoms with Crippen LogP contribution in [0.15, 0.2) is 53.6 Å². The third-order valence-electron chi connectivity index (χ3n) is 2.87. The van der Waals surface area contributed by atoms with Crippen molar-refractivity contribution in [1.82, 2.24) is 9.97 Å². The number of phenolic OH excluding ortho intramolecular Hbond substituents is 1. The van der Waals surface area contributed by atoms with Gasteiger partial charge >= 0.3 is 0 Å². The first-order chi connectivity index (χ1) is 9.79. The summed E-state index contributed by atoms with van der Waals surface area (Å²) in [4.78, 5) is 11.4. The zero-order valence-electron chi connectivity index (χ0n) is 10.3. The summed E-state index contributed by atoms with van der Waals surface area (Å²) in [5.74, 6) is 0.648. The zero-order chi connectivity index (χ0) is 13.9. The number of hydrogen-bond acceptors (Lipinski definition) is 4. The SMILES string of the molecule is [N-]=[N+]=Nc1nc(-c2ccccc2O)nc2ccccc12. The van der Waals surface area contributed by atoms with Gasteiger partial charge in [0.05, 0.1) is 11.1 Å². The molecular weight excluding hydrogens is 254 g/mol. The molecule has 1 N–H and O–H groups in total. The van der Waals surface area contributed by atoms with E-state index in [0.717, 1.165) is 0 Å². The molecule has 0 radical (unpaired) electrons. The van der Waals surface area contributed by atoms with Crippen molar-refractivity contribution in [2.45, 2.75) is 0 Å². The average molecular weight is 263 g/mol. The Hall–Kier alpha value is -3.11. The van der Waals surface area contributed by atoms with Gasteiger partial charge in [0, 0.05) is 10.3 Å². The fraction of sp³-hybridized carbons (Fsp3) is 0. The highest BCUT2D eigenvalue weighted by molar-refractivity contribution is 5.89. The van der Waals surface area contributed by atoms with Crippen LogP contribution in [0.5, 0.6) is 5.75 Å². The maximum absolute atomic E-state index is 9.87. The number of benzene rings is 2. The summed E-state index contributed by atoms with van der Waals surface area (Å²) in [5, 5.41) is 14.1. The Kier molecular flexibility index (Phi) is 2.91. The quantitative estimate of drug-likeness (QED) is 0.431. The number of aromatic nitrogens is 2. The number of phenols is 1. The molecule has 3 aromatic rings. The lowest BCUT2D eigenvalue weighted by molar-refractivity contribution is 0.477. The second-order valence-electron chi connectivity index (χ2n) is 4.09. The Balaban J connectivity index is 2.33. The van der Waals surface area contributed by atoms with Gasteiger partial charge in [0.1, 0.15) is 11.6 Å². The molecule has 0 fully saturated rings. The molecule has 0 spiro atoms. The first-order valence-electron chi connectivity index (χ1n) is 5.90. The first kappa shape index (κ1) is 12.0. The van der Waals surface area contributed by atoms with Crippen LogP contribution in [0.2, 0.25) is 0 Å². The van der Waals surface area contributed by atoms with Gasteiger partial charge in [-0.1, -0.05) is 30.3 Å². The fourth-order valence-corrected chi connectivity index (χ4v) is 1.96. The lowest BCUT2D eigenvalue weighted by Gasteiger charge is -2.06. The van der Waals surface area contributed by atoms with Gasteiger partial charge in [-0.25, -0.2) is 9.97 Å². The largest absolute Gasteiger partial charge is 0.507 e. The van der Waals surface area contributed by atoms with E-state index in [1.54, 1.807) is 36.4 Å². The Morgan fingerprint density at radius 2 is 1.75 bits per heavy atom. The van der Waals surface area contributed by atoms with Crippen LogP contribution >= 0.6 is 0 Å². The van der Waals surface area contributed by atoms with Gasteiger partial charge in [-0.05, 0) is 28.8 Å². The van der Waals surface area contributed by atoms with E-state index in [2.05, 4.69) is 20.0 Å². The summed E-state index contributed by atoms with van der Waals surface area (Å²) in [6.07, 6.45) is 0. The molecule has 1 heterocycles. The molecule has 2 aromatic carbocycles. The predicted octanol–water partition coefficient (Wildman–Crippen LogP) is 3.94. The molecule has 0 aliphatic heterocycles. The number of aromatic hydroxyl groups is 1. The second-order valence-corrected chi connectivity index (χ2v) is 4.09. The van der Waals surface area contributed by atoms with Gasteiger partial charge in [0.15, 0.2) is 5.82 Å². The van der Waals surface area contributed by atoms with Crippen LogP contribution in [0.25, 0.3) is 32.7 Å². The molecule has 0 aliphatic carbocycles. The molecule has 6 heteroatoms. The Morgan fingerprint density at radius 1 is 1.00 bits per heavy atom. The van der Waals surface area contributed by atoms with Crippen molar-refractivity contribution >= 4 is 16.7 Å². The highest BCUT2D eigenvalue weighted by Gasteiger charge is 2.10. The molecule has 0 unspecified atom stereocenters. The van der Waals surface area contributed by atoms with Gasteiger partial charge in [-0.2, -0.15) is 0 Å². The normalized spacial score (nSPS) is 10.2. The topological polar surface area (TPSA) is 94.8 Å². The van der Waals surface area contributed by atoms with E-state index in [-0.39, 0.29) is 11.6 Å². The molecule has 96 valence electrons. The number of azide groups is 1. The monoisotopic (exact) mass is 263 g/mol. The molecule has 0 atom stereocenters. The van der Waals surface area contributed by atoms with Crippen LogP contribution in [0.1, 0.15) is 0 Å². The van der Waals surface area contributed by atoms with Crippen LogP contribution in [0.3, 0.4) is 0 Å². The second kappa shape index (κ2) is 4.87. The van der Waals surface area contributed by atoms with Crippen molar-refractivity contribution in [3.8, 4) is 17.1 Å². The molecule has 20 heavy (non-hydrogen) atoms. The molecule has 0 amide bonds. The highest BCUT2D eigenvalue weighted by Crippen LogP contribution is 2.30. The molecule has 0 bridgehead atoms. The van der Waals surface area contributed by atoms with Crippen molar-refractivity contribution in [1.29, 1.82) is 0 Å². The van der Waals surface area contributed by atoms with Crippen molar-refractivity contribution < 1.29 is 5.11 Å². The number of rotatable bonds is 2. The number of hydrogen-bond donors (Lipinski definition) is 1. The highest BCUT2D eigenvalue weighted by atomic mass is 16.3. The van der Waals surface area contributed by atoms with E-state index in [9.17, 15) is 5.11 Å². The Bertz CT molecular complexity index is 840. The van der Waals surface area contributed by atoms with E-state index >= 15 is 0 Å². The van der Waals surface area contributed by atoms with Crippen molar-refractivity contribution in [2.24, 2.45) is 5.11 Å². The lowest BCUT2D eigenvalue weighted by atomic mass is 10.1. The third-order valence-corrected chi connectivity index (χ3v) is 2.87. The van der Waals surface area contributed by atoms with Crippen molar-refractivity contribution in [3.05, 3.63) is 59.0 Å². The number of nitrogens with zero attached hydrogens (tertiary/aromatic N) is 5. The molecule has 0 saturated heterocycles. The smallest absolute Gasteiger partial charge is 0.163 e. The molecule has 3 rings (SSSR count). The van der Waals surface area contributed by atoms with Gasteiger partial charge in [-0.15, -0.1) is 0 Å². The van der Waals surface area contributed by atoms with E-state index in [1.165, 1.54) is 0 Å². The molecule has 0 aliphatic rings. The van der Waals surface area contributed by atoms with E-state index in [4.69, 9.17) is 5.53 Å². The minimum Gasteiger partial charge on any atom is -0.507 e. The van der Waals surface area contributed by atoms with E-state index < -0.39 is 0 Å². The average Bonchev–Trinajstić information content (AvgIpc) is 2.48. The van der Waals surface area contributed by atoms with Gasteiger partial charge in [-0.3, -0.25) is 0 Å². The third kappa shape index (κ3) is 2.00. The molecule has 1 aromatic heterocycles. The van der Waals surface area contributed by atoms with Gasteiger partial charge in [0.25, 0.3) is 0 Å². The van der Waals surface area contributed by atoms with Crippen LogP contribution in [0, 0.1) is 0 Å². The van der Waals surface area contributed by atoms with Crippen LogP contribution < -0.4 is 0 Å². The standard InChI is InChI=1S/C14H9N5O/c15-19-18-14-9-5-1-3-7-11(9)16-13(17-14)10-6-2-4-8-12(10)20/h1-8,20H. The molecule has 0 saturated carbocycles. The summed E-state index contributed by atoms with van der Waals surface area (Å²) in [7, 11) is 0. The molecule has 6 nitrogen and oxygen atoms in total. The van der Waals surface area contributed by atoms with Crippen molar-refractivity contribution in [3.63, 3.8) is 0 Å². The van der Waals surface area contributed by atoms with Crippen LogP contribution in [-0.2, 0) is 0 Å². The predicted molar refractivity (Wildman–Crippen MR) is 75.4 cm³/mol. The zero-order valence-corrected chi connectivity index (χ0v) is 10.3. The fourth-order valence-electron chi connectivity index (χ4n) is 1.96. The first-order valence-corrected chi connectivity index (χ1v) is 5.90. The van der Waals surface area contributed by atoms with Gasteiger partial charge in [0.2, 0.25) is 0 Å².